The van der Waals surface area contributed by atoms with Gasteiger partial charge in [-0.1, -0.05) is 48.5 Å². The number of aromatic nitrogens is 1. The number of hydrogen-bond donors (Lipinski definition) is 4. The van der Waals surface area contributed by atoms with Crippen LogP contribution >= 0.6 is 0 Å². The third kappa shape index (κ3) is 9.39. The smallest absolute Gasteiger partial charge is 0.323 e. The Labute approximate surface area is 304 Å². The standard InChI is InChI=1S/C39H50N6O7/c1-24-21-45(25(2)23-46)37(47)32-20-30(40-38(48)41-33-16-11-14-29-13-7-8-15-31(29)33)17-18-34(32)51-26(3)12-9-10-19-50-35(24)22-44(6)39(49)42-36-27(4)43-52-28(36)5/h7-8,11,13-18,20,24-26,35,46H,9-10,12,19,21-23H2,1-6H3,(H,42,49)(H2,40,41,48)/t24-,25+,26+,35-/m0/s1. The van der Waals surface area contributed by atoms with E-state index in [4.69, 9.17) is 14.0 Å². The van der Waals surface area contributed by atoms with Gasteiger partial charge in [-0.25, -0.2) is 9.59 Å². The molecule has 278 valence electrons. The van der Waals surface area contributed by atoms with Gasteiger partial charge >= 0.3 is 12.1 Å². The molecule has 1 aliphatic rings. The second-order valence-electron chi connectivity index (χ2n) is 13.6. The number of aryl methyl sites for hydroxylation is 2. The maximum atomic E-state index is 14.5. The normalized spacial score (nSPS) is 19.2. The van der Waals surface area contributed by atoms with Crippen LogP contribution in [0.25, 0.3) is 10.8 Å². The first-order chi connectivity index (χ1) is 24.9. The molecule has 0 saturated carbocycles. The van der Waals surface area contributed by atoms with Crippen LogP contribution in [0.15, 0.2) is 65.2 Å². The van der Waals surface area contributed by atoms with Crippen molar-refractivity contribution in [1.82, 2.24) is 15.0 Å². The number of nitrogens with one attached hydrogen (secondary N) is 3. The SMILES string of the molecule is Cc1noc(C)c1NC(=O)N(C)C[C@@H]1OCCCC[C@@H](C)Oc2ccc(NC(=O)Nc3cccc4ccccc34)cc2C(=O)N([C@H](C)CO)C[C@@H]1C. The van der Waals surface area contributed by atoms with E-state index in [-0.39, 0.29) is 49.2 Å². The van der Waals surface area contributed by atoms with E-state index in [1.54, 1.807) is 55.8 Å². The average Bonchev–Trinajstić information content (AvgIpc) is 3.44. The van der Waals surface area contributed by atoms with Crippen molar-refractivity contribution in [2.75, 3.05) is 49.3 Å². The Morgan fingerprint density at radius 3 is 2.56 bits per heavy atom. The minimum Gasteiger partial charge on any atom is -0.490 e. The molecular formula is C39H50N6O7. The first-order valence-electron chi connectivity index (χ1n) is 17.8. The average molecular weight is 715 g/mol. The summed E-state index contributed by atoms with van der Waals surface area (Å²) in [7, 11) is 1.69. The Kier molecular flexibility index (Phi) is 12.7. The molecule has 4 N–H and O–H groups in total. The molecule has 13 heteroatoms. The van der Waals surface area contributed by atoms with E-state index in [1.807, 2.05) is 56.3 Å². The second-order valence-corrected chi connectivity index (χ2v) is 13.6. The number of aliphatic hydroxyl groups is 1. The van der Waals surface area contributed by atoms with Crippen molar-refractivity contribution in [1.29, 1.82) is 0 Å². The molecule has 0 spiro atoms. The lowest BCUT2D eigenvalue weighted by Gasteiger charge is -2.35. The third-order valence-corrected chi connectivity index (χ3v) is 9.41. The first kappa shape index (κ1) is 38.1. The predicted molar refractivity (Wildman–Crippen MR) is 201 cm³/mol. The Bertz CT molecular complexity index is 1840. The molecule has 5 amide bonds. The fourth-order valence-electron chi connectivity index (χ4n) is 6.30. The van der Waals surface area contributed by atoms with Crippen LogP contribution in [-0.4, -0.2) is 89.6 Å². The summed E-state index contributed by atoms with van der Waals surface area (Å²) in [5.41, 5.74) is 2.42. The zero-order valence-electron chi connectivity index (χ0n) is 30.8. The van der Waals surface area contributed by atoms with Crippen molar-refractivity contribution in [3.05, 3.63) is 77.7 Å². The quantitative estimate of drug-likeness (QED) is 0.159. The van der Waals surface area contributed by atoms with E-state index in [0.29, 0.717) is 40.9 Å². The van der Waals surface area contributed by atoms with Crippen molar-refractivity contribution >= 4 is 45.8 Å². The summed E-state index contributed by atoms with van der Waals surface area (Å²) in [6.45, 7) is 9.85. The summed E-state index contributed by atoms with van der Waals surface area (Å²) in [5, 5.41) is 24.8. The summed E-state index contributed by atoms with van der Waals surface area (Å²) >= 11 is 0. The summed E-state index contributed by atoms with van der Waals surface area (Å²) < 4.78 is 17.9. The van der Waals surface area contributed by atoms with E-state index < -0.39 is 18.2 Å². The zero-order valence-corrected chi connectivity index (χ0v) is 30.8. The van der Waals surface area contributed by atoms with Crippen LogP contribution < -0.4 is 20.7 Å². The number of ether oxygens (including phenoxy) is 2. The number of anilines is 3. The zero-order chi connectivity index (χ0) is 37.4. The number of rotatable bonds is 7. The number of fused-ring (bicyclic) bond motifs is 2. The molecule has 2 heterocycles. The van der Waals surface area contributed by atoms with Crippen LogP contribution in [0.4, 0.5) is 26.7 Å². The van der Waals surface area contributed by atoms with Gasteiger partial charge in [-0.2, -0.15) is 0 Å². The molecule has 0 bridgehead atoms. The minimum absolute atomic E-state index is 0.208. The fraction of sp³-hybridized carbons (Fsp3) is 0.436. The molecule has 5 rings (SSSR count). The van der Waals surface area contributed by atoms with Crippen LogP contribution in [0.3, 0.4) is 0 Å². The third-order valence-electron chi connectivity index (χ3n) is 9.41. The number of hydrogen-bond acceptors (Lipinski definition) is 8. The van der Waals surface area contributed by atoms with Crippen LogP contribution in [-0.2, 0) is 4.74 Å². The Hall–Kier alpha value is -5.14. The first-order valence-corrected chi connectivity index (χ1v) is 17.8. The molecule has 4 atom stereocenters. The topological polar surface area (TPSA) is 158 Å². The number of nitrogens with zero attached hydrogens (tertiary/aromatic N) is 3. The van der Waals surface area contributed by atoms with Gasteiger partial charge in [0, 0.05) is 43.7 Å². The predicted octanol–water partition coefficient (Wildman–Crippen LogP) is 7.05. The van der Waals surface area contributed by atoms with Gasteiger partial charge in [0.25, 0.3) is 5.91 Å². The molecule has 0 saturated heterocycles. The van der Waals surface area contributed by atoms with Gasteiger partial charge in [0.2, 0.25) is 0 Å². The van der Waals surface area contributed by atoms with E-state index in [9.17, 15) is 19.5 Å². The summed E-state index contributed by atoms with van der Waals surface area (Å²) in [6, 6.07) is 17.1. The van der Waals surface area contributed by atoms with Crippen molar-refractivity contribution in [2.45, 2.75) is 72.1 Å². The molecule has 0 unspecified atom stereocenters. The van der Waals surface area contributed by atoms with Gasteiger partial charge in [0.05, 0.1) is 36.1 Å². The van der Waals surface area contributed by atoms with Crippen LogP contribution in [0, 0.1) is 19.8 Å². The summed E-state index contributed by atoms with van der Waals surface area (Å²) in [4.78, 5) is 44.1. The largest absolute Gasteiger partial charge is 0.490 e. The van der Waals surface area contributed by atoms with Gasteiger partial charge < -0.3 is 44.9 Å². The number of carbonyl (C=O) groups is 3. The number of likely N-dealkylation sites (N-methyl/N-ethyl adjacent to an activating group) is 1. The Morgan fingerprint density at radius 2 is 1.81 bits per heavy atom. The minimum atomic E-state index is -0.555. The van der Waals surface area contributed by atoms with Gasteiger partial charge in [-0.05, 0) is 76.6 Å². The fourth-order valence-corrected chi connectivity index (χ4v) is 6.30. The summed E-state index contributed by atoms with van der Waals surface area (Å²) in [6.07, 6.45) is 1.70. The summed E-state index contributed by atoms with van der Waals surface area (Å²) in [5.74, 6) is 0.289. The van der Waals surface area contributed by atoms with Crippen LogP contribution in [0.1, 0.15) is 61.8 Å². The molecular weight excluding hydrogens is 664 g/mol. The molecule has 4 aromatic rings. The molecule has 13 nitrogen and oxygen atoms in total. The van der Waals surface area contributed by atoms with Crippen molar-refractivity contribution in [3.8, 4) is 5.75 Å². The maximum absolute atomic E-state index is 14.5. The van der Waals surface area contributed by atoms with Gasteiger partial charge in [0.1, 0.15) is 17.1 Å². The lowest BCUT2D eigenvalue weighted by atomic mass is 10.0. The van der Waals surface area contributed by atoms with E-state index in [0.717, 1.165) is 30.0 Å². The highest BCUT2D eigenvalue weighted by atomic mass is 16.5. The van der Waals surface area contributed by atoms with Crippen LogP contribution in [0.5, 0.6) is 5.75 Å². The molecule has 52 heavy (non-hydrogen) atoms. The highest BCUT2D eigenvalue weighted by Gasteiger charge is 2.31. The molecule has 0 aliphatic carbocycles. The Balaban J connectivity index is 1.38. The number of amides is 5. The number of carbonyl (C=O) groups excluding carboxylic acids is 3. The van der Waals surface area contributed by atoms with E-state index in [2.05, 4.69) is 21.1 Å². The molecule has 3 aromatic carbocycles. The van der Waals surface area contributed by atoms with Crippen LogP contribution in [0.2, 0.25) is 0 Å². The number of benzene rings is 3. The monoisotopic (exact) mass is 714 g/mol. The molecule has 0 fully saturated rings. The van der Waals surface area contributed by atoms with Gasteiger partial charge in [0.15, 0.2) is 5.76 Å². The van der Waals surface area contributed by atoms with E-state index >= 15 is 0 Å². The van der Waals surface area contributed by atoms with E-state index in [1.165, 1.54) is 0 Å². The molecule has 1 aromatic heterocycles. The van der Waals surface area contributed by atoms with Gasteiger partial charge in [-0.3, -0.25) is 4.79 Å². The molecule has 1 aliphatic heterocycles. The number of aliphatic hydroxyl groups excluding tert-OH is 1. The molecule has 0 radical (unpaired) electrons. The highest BCUT2D eigenvalue weighted by molar-refractivity contribution is 6.07. The highest BCUT2D eigenvalue weighted by Crippen LogP contribution is 2.29. The van der Waals surface area contributed by atoms with Gasteiger partial charge in [-0.15, -0.1) is 0 Å². The second kappa shape index (κ2) is 17.4. The van der Waals surface area contributed by atoms with Crippen molar-refractivity contribution in [3.63, 3.8) is 0 Å². The lowest BCUT2D eigenvalue weighted by Crippen LogP contribution is -2.48. The lowest BCUT2D eigenvalue weighted by molar-refractivity contribution is -0.0115. The van der Waals surface area contributed by atoms with Crippen molar-refractivity contribution < 1.29 is 33.5 Å². The maximum Gasteiger partial charge on any atom is 0.323 e. The van der Waals surface area contributed by atoms with Crippen molar-refractivity contribution in [2.24, 2.45) is 5.92 Å². The Morgan fingerprint density at radius 1 is 1.04 bits per heavy atom. The number of urea groups is 2.